The summed E-state index contributed by atoms with van der Waals surface area (Å²) < 4.78 is 9.84. The number of carbonyl (C=O) groups excluding carboxylic acids is 1. The van der Waals surface area contributed by atoms with Gasteiger partial charge in [0.05, 0.1) is 28.3 Å². The largest absolute Gasteiger partial charge is 0.377 e. The molecule has 1 fully saturated rings. The molecule has 1 aromatic carbocycles. The quantitative estimate of drug-likeness (QED) is 0.225. The fraction of sp³-hybridized carbons (Fsp3) is 0.393. The van der Waals surface area contributed by atoms with Gasteiger partial charge in [-0.1, -0.05) is 34.8 Å². The maximum Gasteiger partial charge on any atom is 0.281 e. The average Bonchev–Trinajstić information content (AvgIpc) is 3.38. The maximum absolute atomic E-state index is 13.6. The predicted octanol–water partition coefficient (Wildman–Crippen LogP) is 5.15. The van der Waals surface area contributed by atoms with Gasteiger partial charge in [0.25, 0.3) is 11.5 Å². The number of halogens is 1. The third-order valence-electron chi connectivity index (χ3n) is 7.27. The van der Waals surface area contributed by atoms with Gasteiger partial charge in [-0.05, 0) is 57.4 Å². The normalized spacial score (nSPS) is 14.9. The Morgan fingerprint density at radius 3 is 2.60 bits per heavy atom. The van der Waals surface area contributed by atoms with Crippen LogP contribution in [0.15, 0.2) is 39.6 Å². The van der Waals surface area contributed by atoms with Gasteiger partial charge in [0.2, 0.25) is 5.95 Å². The van der Waals surface area contributed by atoms with E-state index < -0.39 is 0 Å². The van der Waals surface area contributed by atoms with Gasteiger partial charge in [-0.3, -0.25) is 18.9 Å². The molecule has 1 saturated heterocycles. The van der Waals surface area contributed by atoms with E-state index in [1.165, 1.54) is 11.9 Å². The highest BCUT2D eigenvalue weighted by molar-refractivity contribution is 7.97. The van der Waals surface area contributed by atoms with Crippen LogP contribution >= 0.6 is 23.5 Å². The first-order chi connectivity index (χ1) is 19.2. The highest BCUT2D eigenvalue weighted by Crippen LogP contribution is 2.32. The molecule has 40 heavy (non-hydrogen) atoms. The number of nitrogens with zero attached hydrogens (tertiary/aromatic N) is 5. The highest BCUT2D eigenvalue weighted by Gasteiger charge is 2.27. The minimum Gasteiger partial charge on any atom is -0.377 e. The van der Waals surface area contributed by atoms with Crippen LogP contribution < -0.4 is 20.5 Å². The molecule has 10 nitrogen and oxygen atoms in total. The first-order valence-electron chi connectivity index (χ1n) is 13.1. The molecule has 0 spiro atoms. The maximum atomic E-state index is 13.6. The molecule has 1 amide bonds. The van der Waals surface area contributed by atoms with Crippen LogP contribution in [0.5, 0.6) is 0 Å². The van der Waals surface area contributed by atoms with Crippen molar-refractivity contribution in [3.05, 3.63) is 74.1 Å². The van der Waals surface area contributed by atoms with Crippen LogP contribution in [0.1, 0.15) is 64.8 Å². The number of piperidine rings is 1. The van der Waals surface area contributed by atoms with Crippen LogP contribution in [0.2, 0.25) is 5.15 Å². The van der Waals surface area contributed by atoms with Crippen molar-refractivity contribution in [2.24, 2.45) is 7.05 Å². The third kappa shape index (κ3) is 5.53. The third-order valence-corrected chi connectivity index (χ3v) is 7.87. The number of nitrogens with one attached hydrogen (secondary N) is 2. The number of hydrogen-bond acceptors (Lipinski definition) is 9. The zero-order valence-electron chi connectivity index (χ0n) is 23.1. The molecule has 1 atom stereocenters. The van der Waals surface area contributed by atoms with E-state index >= 15 is 0 Å². The molecular weight excluding hydrogens is 550 g/mol. The van der Waals surface area contributed by atoms with E-state index in [2.05, 4.69) is 25.1 Å². The first kappa shape index (κ1) is 28.0. The van der Waals surface area contributed by atoms with Gasteiger partial charge < -0.3 is 14.7 Å². The summed E-state index contributed by atoms with van der Waals surface area (Å²) in [6.45, 7) is 7.35. The Hall–Kier alpha value is -3.57. The van der Waals surface area contributed by atoms with Crippen molar-refractivity contribution in [3.8, 4) is 0 Å². The molecule has 0 radical (unpaired) electrons. The van der Waals surface area contributed by atoms with E-state index in [0.29, 0.717) is 28.5 Å². The summed E-state index contributed by atoms with van der Waals surface area (Å²) in [5.74, 6) is 1.49. The Labute approximate surface area is 241 Å². The minimum absolute atomic E-state index is 0.0988. The van der Waals surface area contributed by atoms with E-state index in [4.69, 9.17) is 21.1 Å². The van der Waals surface area contributed by atoms with Gasteiger partial charge in [-0.25, -0.2) is 9.97 Å². The van der Waals surface area contributed by atoms with Crippen LogP contribution in [0.3, 0.4) is 0 Å². The molecule has 1 unspecified atom stereocenters. The Bertz CT molecular complexity index is 1630. The fourth-order valence-corrected chi connectivity index (χ4v) is 5.70. The van der Waals surface area contributed by atoms with Gasteiger partial charge in [0, 0.05) is 43.9 Å². The molecule has 1 aliphatic rings. The molecule has 4 aromatic rings. The van der Waals surface area contributed by atoms with Crippen molar-refractivity contribution < 1.29 is 9.32 Å². The Balaban J connectivity index is 1.49. The van der Waals surface area contributed by atoms with E-state index in [-0.39, 0.29) is 28.4 Å². The van der Waals surface area contributed by atoms with Crippen LogP contribution in [0, 0.1) is 13.8 Å². The van der Waals surface area contributed by atoms with Gasteiger partial charge in [-0.2, -0.15) is 0 Å². The van der Waals surface area contributed by atoms with E-state index in [1.54, 1.807) is 30.0 Å². The zero-order chi connectivity index (χ0) is 28.6. The van der Waals surface area contributed by atoms with Crippen molar-refractivity contribution in [2.45, 2.75) is 45.6 Å². The number of aromatic nitrogens is 4. The van der Waals surface area contributed by atoms with E-state index in [1.807, 2.05) is 39.0 Å². The molecule has 0 aliphatic carbocycles. The van der Waals surface area contributed by atoms with Gasteiger partial charge >= 0.3 is 0 Å². The summed E-state index contributed by atoms with van der Waals surface area (Å²) in [5.41, 5.74) is 3.94. The number of fused-ring (bicyclic) bond motifs is 1. The van der Waals surface area contributed by atoms with E-state index in [0.717, 1.165) is 48.5 Å². The molecule has 3 aromatic heterocycles. The van der Waals surface area contributed by atoms with Crippen LogP contribution in [0.25, 0.3) is 10.9 Å². The Kier molecular flexibility index (Phi) is 8.04. The number of aryl methyl sites for hydroxylation is 2. The molecule has 4 heterocycles. The molecule has 0 saturated carbocycles. The summed E-state index contributed by atoms with van der Waals surface area (Å²) in [5, 5.41) is 8.21. The first-order valence-corrected chi connectivity index (χ1v) is 14.7. The van der Waals surface area contributed by atoms with Gasteiger partial charge in [-0.15, -0.1) is 0 Å². The molecule has 5 rings (SSSR count). The number of carbonyl (C=O) groups is 1. The number of hydrogen-bond donors (Lipinski definition) is 2. The zero-order valence-corrected chi connectivity index (χ0v) is 24.7. The Morgan fingerprint density at radius 1 is 1.18 bits per heavy atom. The second-order valence-corrected chi connectivity index (χ2v) is 11.2. The number of pyridine rings is 1. The van der Waals surface area contributed by atoms with E-state index in [9.17, 15) is 9.59 Å². The summed E-state index contributed by atoms with van der Waals surface area (Å²) in [6, 6.07) is 8.98. The van der Waals surface area contributed by atoms with Crippen molar-refractivity contribution in [3.63, 3.8) is 0 Å². The monoisotopic (exact) mass is 581 g/mol. The fourth-order valence-electron chi connectivity index (χ4n) is 5.27. The molecule has 1 aliphatic heterocycles. The predicted molar refractivity (Wildman–Crippen MR) is 159 cm³/mol. The molecule has 0 bridgehead atoms. The van der Waals surface area contributed by atoms with Crippen LogP contribution in [-0.2, 0) is 7.05 Å². The number of benzene rings is 1. The van der Waals surface area contributed by atoms with Crippen molar-refractivity contribution in [2.75, 3.05) is 29.6 Å². The second-order valence-electron chi connectivity index (χ2n) is 10.2. The molecular formula is C28H32ClN7O3S. The second kappa shape index (κ2) is 11.5. The lowest BCUT2D eigenvalue weighted by molar-refractivity contribution is 0.0980. The van der Waals surface area contributed by atoms with Crippen molar-refractivity contribution in [1.29, 1.82) is 0 Å². The SMILES string of the molecule is CSNC(=O)c1nc(Cl)ccc1NC(C)c1cc(C)cc2c(=O)n(C)c(N3CCC(c4cc(C)no4)CC3)nc12. The highest BCUT2D eigenvalue weighted by atomic mass is 35.5. The molecule has 12 heteroatoms. The smallest absolute Gasteiger partial charge is 0.281 e. The summed E-state index contributed by atoms with van der Waals surface area (Å²) in [6.07, 6.45) is 3.52. The number of amides is 1. The van der Waals surface area contributed by atoms with Crippen LogP contribution in [-0.4, -0.2) is 44.9 Å². The lowest BCUT2D eigenvalue weighted by Crippen LogP contribution is -2.37. The lowest BCUT2D eigenvalue weighted by Gasteiger charge is -2.32. The van der Waals surface area contributed by atoms with Gasteiger partial charge in [0.15, 0.2) is 5.69 Å². The standard InChI is InChI=1S/C28H32ClN7O3S/c1-15-12-19(17(3)30-21-6-7-23(29)31-25(21)26(37)34-40-5)24-20(13-15)27(38)35(4)28(32-24)36-10-8-18(9-11-36)22-14-16(2)33-39-22/h6-7,12-14,17-18,30H,8-11H2,1-5H3,(H,34,37). The van der Waals surface area contributed by atoms with Crippen LogP contribution in [0.4, 0.5) is 11.6 Å². The lowest BCUT2D eigenvalue weighted by atomic mass is 9.94. The van der Waals surface area contributed by atoms with Crippen molar-refractivity contribution in [1.82, 2.24) is 24.4 Å². The Morgan fingerprint density at radius 2 is 1.93 bits per heavy atom. The summed E-state index contributed by atoms with van der Waals surface area (Å²) in [7, 11) is 1.77. The minimum atomic E-state index is -0.350. The number of anilines is 2. The van der Waals surface area contributed by atoms with Gasteiger partial charge in [0.1, 0.15) is 10.9 Å². The molecule has 2 N–H and O–H groups in total. The average molecular weight is 582 g/mol. The molecule has 210 valence electrons. The number of rotatable bonds is 7. The van der Waals surface area contributed by atoms with Crippen molar-refractivity contribution >= 4 is 52.0 Å². The summed E-state index contributed by atoms with van der Waals surface area (Å²) in [4.78, 5) is 37.7. The topological polar surface area (TPSA) is 118 Å². The summed E-state index contributed by atoms with van der Waals surface area (Å²) >= 11 is 7.28.